The molecule has 1 aliphatic rings. The van der Waals surface area contributed by atoms with Gasteiger partial charge in [-0.15, -0.1) is 5.56 Å². The van der Waals surface area contributed by atoms with Crippen LogP contribution in [0.25, 0.3) is 0 Å². The second-order valence-electron chi connectivity index (χ2n) is 11.2. The van der Waals surface area contributed by atoms with E-state index in [9.17, 15) is 33.6 Å². The summed E-state index contributed by atoms with van der Waals surface area (Å²) in [5.74, 6) is -1.11. The fraction of sp³-hybridized carbons (Fsp3) is 0.270. The predicted octanol–water partition coefficient (Wildman–Crippen LogP) is 6.95. The molecular weight excluding hydrogens is 831 g/mol. The summed E-state index contributed by atoms with van der Waals surface area (Å²) in [6.07, 6.45) is 1.41. The molecule has 0 radical (unpaired) electrons. The van der Waals surface area contributed by atoms with E-state index in [1.165, 1.54) is 18.2 Å². The zero-order valence-corrected chi connectivity index (χ0v) is 34.1. The zero-order chi connectivity index (χ0) is 41.0. The first-order chi connectivity index (χ1) is 26.2. The quantitative estimate of drug-likeness (QED) is 0.0420. The van der Waals surface area contributed by atoms with Crippen LogP contribution >= 0.6 is 34.8 Å². The second-order valence-corrected chi connectivity index (χ2v) is 13.1. The molecule has 4 aromatic rings. The summed E-state index contributed by atoms with van der Waals surface area (Å²) in [6, 6.07) is 23.5. The molecule has 0 atom stereocenters. The monoisotopic (exact) mass is 870 g/mol. The van der Waals surface area contributed by atoms with Crippen LogP contribution in [-0.2, 0) is 36.2 Å². The van der Waals surface area contributed by atoms with Gasteiger partial charge in [0.25, 0.3) is 0 Å². The summed E-state index contributed by atoms with van der Waals surface area (Å²) in [4.78, 5) is 90.0. The van der Waals surface area contributed by atoms with Crippen molar-refractivity contribution in [2.24, 2.45) is 5.41 Å². The number of halogens is 3. The standard InChI is InChI=1S/C23H23N6O4.C8H12N2O3.C5H5.CHCl3.Fe/c1-3-20(30)26-16-7-5-9-18(24-16)28-22(32)14-11-12-15(13-14)23(33)29-19-10-6-8-17(25-19)27-21(31)4-2;1-3-8(4-2)5(11)9-7(13)10-6(8)12;1-2-4-5-3-1;2-1(3)4;/h5-13H,3-4H2,1-2H3,(H2,24,26,28,30,32)(H2,25,27,29,31,33);3-4H2,1-2H3,(H2,9,10,11,12,13);1-5H;1H;/q-1;;-1;;+2. The van der Waals surface area contributed by atoms with Crippen LogP contribution in [0.1, 0.15) is 74.1 Å². The first kappa shape index (κ1) is 48.9. The first-order valence-corrected chi connectivity index (χ1v) is 18.2. The number of carbonyl (C=O) groups is 7. The second kappa shape index (κ2) is 25.1. The average molecular weight is 872 g/mol. The van der Waals surface area contributed by atoms with Crippen molar-refractivity contribution in [1.82, 2.24) is 20.6 Å². The Morgan fingerprint density at radius 2 is 1.14 bits per heavy atom. The van der Waals surface area contributed by atoms with E-state index in [4.69, 9.17) is 34.8 Å². The number of amides is 8. The van der Waals surface area contributed by atoms with E-state index in [1.54, 1.807) is 64.1 Å². The van der Waals surface area contributed by atoms with E-state index in [-0.39, 0.29) is 51.6 Å². The minimum Gasteiger partial charge on any atom is -0.318 e. The van der Waals surface area contributed by atoms with Crippen LogP contribution in [0, 0.1) is 5.41 Å². The van der Waals surface area contributed by atoms with Gasteiger partial charge in [-0.1, -0.05) is 80.2 Å². The predicted molar refractivity (Wildman–Crippen MR) is 212 cm³/mol. The van der Waals surface area contributed by atoms with Crippen LogP contribution in [0.5, 0.6) is 0 Å². The van der Waals surface area contributed by atoms with Gasteiger partial charge in [-0.3, -0.25) is 39.4 Å². The van der Waals surface area contributed by atoms with Crippen molar-refractivity contribution in [1.29, 1.82) is 0 Å². The third-order valence-corrected chi connectivity index (χ3v) is 7.52. The van der Waals surface area contributed by atoms with E-state index in [0.29, 0.717) is 37.3 Å². The minimum atomic E-state index is -1.06. The summed E-state index contributed by atoms with van der Waals surface area (Å²) in [5, 5.41) is 14.7. The zero-order valence-electron chi connectivity index (χ0n) is 30.7. The van der Waals surface area contributed by atoms with Crippen molar-refractivity contribution in [2.75, 3.05) is 21.3 Å². The number of urea groups is 1. The number of alkyl halides is 3. The smallest absolute Gasteiger partial charge is 0.318 e. The maximum atomic E-state index is 12.6. The molecule has 0 saturated carbocycles. The number of pyridine rings is 2. The summed E-state index contributed by atoms with van der Waals surface area (Å²) in [7, 11) is 0. The Kier molecular flexibility index (Phi) is 21.9. The number of carbonyl (C=O) groups excluding carboxylic acids is 7. The van der Waals surface area contributed by atoms with Gasteiger partial charge in [0.15, 0.2) is 10.2 Å². The summed E-state index contributed by atoms with van der Waals surface area (Å²) in [5.41, 5.74) is -0.530. The molecule has 0 aliphatic carbocycles. The largest absolute Gasteiger partial charge is 2.00 e. The number of hydrogen-bond donors (Lipinski definition) is 6. The molecule has 1 saturated heterocycles. The molecule has 0 spiro atoms. The topological polar surface area (TPSA) is 217 Å². The van der Waals surface area contributed by atoms with Crippen molar-refractivity contribution in [2.45, 2.75) is 57.7 Å². The number of nitrogens with zero attached hydrogens (tertiary/aromatic N) is 2. The van der Waals surface area contributed by atoms with Crippen molar-refractivity contribution in [3.05, 3.63) is 96.1 Å². The number of rotatable bonds is 10. The van der Waals surface area contributed by atoms with Crippen molar-refractivity contribution < 1.29 is 50.6 Å². The van der Waals surface area contributed by atoms with E-state index in [1.807, 2.05) is 30.3 Å². The number of anilines is 4. The van der Waals surface area contributed by atoms with E-state index >= 15 is 0 Å². The molecule has 56 heavy (non-hydrogen) atoms. The van der Waals surface area contributed by atoms with E-state index in [0.717, 1.165) is 0 Å². The van der Waals surface area contributed by atoms with Crippen molar-refractivity contribution in [3.63, 3.8) is 0 Å². The minimum absolute atomic E-state index is 0. The average Bonchev–Trinajstić information content (AvgIpc) is 3.89. The molecule has 5 rings (SSSR count). The third kappa shape index (κ3) is 16.3. The van der Waals surface area contributed by atoms with E-state index in [2.05, 4.69) is 41.9 Å². The van der Waals surface area contributed by atoms with Gasteiger partial charge < -0.3 is 21.3 Å². The molecule has 2 aromatic heterocycles. The summed E-state index contributed by atoms with van der Waals surface area (Å²) >= 11 is 14.4. The Hall–Kier alpha value is -5.12. The molecule has 2 aromatic carbocycles. The number of imide groups is 2. The van der Waals surface area contributed by atoms with Crippen LogP contribution in [0.2, 0.25) is 0 Å². The molecule has 15 nitrogen and oxygen atoms in total. The number of aromatic nitrogens is 2. The van der Waals surface area contributed by atoms with Crippen LogP contribution in [-0.4, -0.2) is 55.7 Å². The first-order valence-electron chi connectivity index (χ1n) is 16.9. The van der Waals surface area contributed by atoms with Crippen LogP contribution in [0.3, 0.4) is 0 Å². The molecule has 300 valence electrons. The molecule has 0 bridgehead atoms. The Balaban J connectivity index is 0.000000554. The molecule has 3 heterocycles. The maximum Gasteiger partial charge on any atom is 2.00 e. The summed E-state index contributed by atoms with van der Waals surface area (Å²) < 4.78 is -0.750. The van der Waals surface area contributed by atoms with Gasteiger partial charge in [0.2, 0.25) is 29.5 Å². The fourth-order valence-corrected chi connectivity index (χ4v) is 4.51. The third-order valence-electron chi connectivity index (χ3n) is 7.52. The van der Waals surface area contributed by atoms with Crippen molar-refractivity contribution in [3.8, 4) is 0 Å². The Bertz CT molecular complexity index is 1790. The van der Waals surface area contributed by atoms with Gasteiger partial charge in [0, 0.05) is 12.8 Å². The Labute approximate surface area is 349 Å². The molecular formula is C37H41Cl3FeN8O7. The molecule has 6 N–H and O–H groups in total. The maximum absolute atomic E-state index is 12.6. The number of barbiturate groups is 1. The normalized spacial score (nSPS) is 12.2. The van der Waals surface area contributed by atoms with Gasteiger partial charge in [-0.05, 0) is 37.1 Å². The van der Waals surface area contributed by atoms with Gasteiger partial charge in [0.05, 0.1) is 0 Å². The van der Waals surface area contributed by atoms with Crippen LogP contribution < -0.4 is 31.9 Å². The molecule has 1 fully saturated rings. The Morgan fingerprint density at radius 1 is 0.714 bits per heavy atom. The molecule has 1 aliphatic heterocycles. The van der Waals surface area contributed by atoms with Crippen LogP contribution in [0.15, 0.2) is 84.9 Å². The SMILES string of the molecule is CCC(=O)Nc1cccc(NC(=O)c2cc[c-](C(=O)Nc3cccc(NC(=O)CC)n3)c2)n1.CCC1(CC)C(=O)NC(=O)NC1=O.ClC(Cl)Cl.[Fe+2].c1cc[cH-]c1. The van der Waals surface area contributed by atoms with Gasteiger partial charge in [0.1, 0.15) is 28.7 Å². The molecule has 0 unspecified atom stereocenters. The van der Waals surface area contributed by atoms with Gasteiger partial charge >= 0.3 is 23.1 Å². The molecule has 8 amide bonds. The van der Waals surface area contributed by atoms with Crippen molar-refractivity contribution >= 4 is 99.5 Å². The van der Waals surface area contributed by atoms with E-state index < -0.39 is 39.4 Å². The number of hydrogen-bond acceptors (Lipinski definition) is 9. The number of nitrogens with one attached hydrogen (secondary N) is 6. The molecule has 19 heteroatoms. The Morgan fingerprint density at radius 3 is 1.54 bits per heavy atom. The summed E-state index contributed by atoms with van der Waals surface area (Å²) in [6.45, 7) is 6.94. The van der Waals surface area contributed by atoms with Gasteiger partial charge in [-0.2, -0.15) is 30.3 Å². The fourth-order valence-electron chi connectivity index (χ4n) is 4.51. The van der Waals surface area contributed by atoms with Gasteiger partial charge in [-0.25, -0.2) is 33.0 Å². The van der Waals surface area contributed by atoms with Crippen LogP contribution in [0.4, 0.5) is 28.1 Å².